The van der Waals surface area contributed by atoms with E-state index in [1.54, 1.807) is 24.5 Å². The van der Waals surface area contributed by atoms with Gasteiger partial charge in [0.25, 0.3) is 5.91 Å². The number of nitrogens with zero attached hydrogens (tertiary/aromatic N) is 2. The highest BCUT2D eigenvalue weighted by atomic mass is 16.5. The lowest BCUT2D eigenvalue weighted by Crippen LogP contribution is -2.19. The maximum absolute atomic E-state index is 12.0. The summed E-state index contributed by atoms with van der Waals surface area (Å²) in [5, 5.41) is 4.15. The molecular formula is C21H19N3O2. The highest BCUT2D eigenvalue weighted by molar-refractivity contribution is 6.00. The molecule has 0 bridgehead atoms. The van der Waals surface area contributed by atoms with Crippen LogP contribution in [0.1, 0.15) is 28.4 Å². The molecule has 0 fully saturated rings. The fourth-order valence-corrected chi connectivity index (χ4v) is 2.30. The van der Waals surface area contributed by atoms with Crippen LogP contribution in [0.5, 0.6) is 5.75 Å². The number of aromatic nitrogens is 1. The second-order valence-electron chi connectivity index (χ2n) is 5.67. The van der Waals surface area contributed by atoms with Crippen LogP contribution in [0.25, 0.3) is 0 Å². The summed E-state index contributed by atoms with van der Waals surface area (Å²) in [5.41, 5.74) is 5.80. The van der Waals surface area contributed by atoms with E-state index in [2.05, 4.69) is 15.5 Å². The van der Waals surface area contributed by atoms with Crippen LogP contribution in [0.15, 0.2) is 84.2 Å². The number of hydrogen-bond acceptors (Lipinski definition) is 4. The van der Waals surface area contributed by atoms with Gasteiger partial charge in [0.05, 0.1) is 5.71 Å². The van der Waals surface area contributed by atoms with Crippen LogP contribution in [0.2, 0.25) is 0 Å². The Morgan fingerprint density at radius 1 is 0.962 bits per heavy atom. The van der Waals surface area contributed by atoms with Crippen molar-refractivity contribution in [3.05, 3.63) is 95.8 Å². The van der Waals surface area contributed by atoms with Crippen LogP contribution in [0.3, 0.4) is 0 Å². The van der Waals surface area contributed by atoms with E-state index in [0.717, 1.165) is 16.9 Å². The van der Waals surface area contributed by atoms with Gasteiger partial charge in [0, 0.05) is 18.0 Å². The van der Waals surface area contributed by atoms with Gasteiger partial charge in [0.1, 0.15) is 12.4 Å². The fraction of sp³-hybridized carbons (Fsp3) is 0.0952. The van der Waals surface area contributed by atoms with E-state index in [0.29, 0.717) is 17.9 Å². The number of hydrogen-bond donors (Lipinski definition) is 1. The monoisotopic (exact) mass is 345 g/mol. The van der Waals surface area contributed by atoms with Gasteiger partial charge in [-0.2, -0.15) is 5.10 Å². The Bertz CT molecular complexity index is 876. The topological polar surface area (TPSA) is 63.6 Å². The number of hydrazone groups is 1. The van der Waals surface area contributed by atoms with Crippen molar-refractivity contribution in [2.45, 2.75) is 13.5 Å². The summed E-state index contributed by atoms with van der Waals surface area (Å²) in [4.78, 5) is 15.9. The average molecular weight is 345 g/mol. The van der Waals surface area contributed by atoms with Crippen LogP contribution in [0.4, 0.5) is 0 Å². The van der Waals surface area contributed by atoms with Gasteiger partial charge in [-0.05, 0) is 54.4 Å². The number of carbonyl (C=O) groups excluding carboxylic acids is 1. The molecule has 1 heterocycles. The Labute approximate surface area is 152 Å². The van der Waals surface area contributed by atoms with Crippen molar-refractivity contribution in [2.24, 2.45) is 5.10 Å². The summed E-state index contributed by atoms with van der Waals surface area (Å²) in [6, 6.07) is 20.9. The zero-order chi connectivity index (χ0) is 18.2. The number of benzene rings is 2. The first-order valence-electron chi connectivity index (χ1n) is 8.24. The van der Waals surface area contributed by atoms with Crippen molar-refractivity contribution in [1.82, 2.24) is 10.4 Å². The first kappa shape index (κ1) is 17.4. The summed E-state index contributed by atoms with van der Waals surface area (Å²) in [6.45, 7) is 2.36. The van der Waals surface area contributed by atoms with Crippen LogP contribution < -0.4 is 10.2 Å². The highest BCUT2D eigenvalue weighted by Crippen LogP contribution is 2.14. The van der Waals surface area contributed by atoms with Gasteiger partial charge in [-0.25, -0.2) is 5.43 Å². The molecule has 0 saturated heterocycles. The Morgan fingerprint density at radius 2 is 1.65 bits per heavy atom. The molecule has 3 rings (SSSR count). The largest absolute Gasteiger partial charge is 0.489 e. The van der Waals surface area contributed by atoms with Crippen LogP contribution >= 0.6 is 0 Å². The molecule has 0 saturated carbocycles. The summed E-state index contributed by atoms with van der Waals surface area (Å²) in [7, 11) is 0. The van der Waals surface area contributed by atoms with E-state index in [-0.39, 0.29) is 5.91 Å². The normalized spacial score (nSPS) is 11.0. The molecule has 1 amide bonds. The second kappa shape index (κ2) is 8.58. The Hall–Kier alpha value is -3.47. The molecule has 0 aliphatic rings. The maximum Gasteiger partial charge on any atom is 0.271 e. The molecule has 5 heteroatoms. The molecule has 3 aromatic rings. The lowest BCUT2D eigenvalue weighted by molar-refractivity contribution is 0.0954. The predicted molar refractivity (Wildman–Crippen MR) is 101 cm³/mol. The lowest BCUT2D eigenvalue weighted by Gasteiger charge is -2.07. The van der Waals surface area contributed by atoms with E-state index in [1.807, 2.05) is 61.5 Å². The van der Waals surface area contributed by atoms with Crippen LogP contribution in [0, 0.1) is 0 Å². The summed E-state index contributed by atoms with van der Waals surface area (Å²) in [6.07, 6.45) is 3.14. The first-order chi connectivity index (χ1) is 12.7. The third-order valence-corrected chi connectivity index (χ3v) is 3.79. The smallest absolute Gasteiger partial charge is 0.271 e. The molecule has 0 atom stereocenters. The third kappa shape index (κ3) is 4.77. The minimum atomic E-state index is -0.269. The van der Waals surface area contributed by atoms with E-state index < -0.39 is 0 Å². The first-order valence-corrected chi connectivity index (χ1v) is 8.24. The predicted octanol–water partition coefficient (Wildman–Crippen LogP) is 3.81. The molecule has 0 unspecified atom stereocenters. The molecular weight excluding hydrogens is 326 g/mol. The van der Waals surface area contributed by atoms with Gasteiger partial charge in [0.2, 0.25) is 0 Å². The highest BCUT2D eigenvalue weighted by Gasteiger charge is 2.04. The minimum Gasteiger partial charge on any atom is -0.489 e. The van der Waals surface area contributed by atoms with E-state index in [1.165, 1.54) is 0 Å². The molecule has 130 valence electrons. The van der Waals surface area contributed by atoms with Crippen molar-refractivity contribution < 1.29 is 9.53 Å². The maximum atomic E-state index is 12.0. The number of nitrogens with one attached hydrogen (secondary N) is 1. The number of pyridine rings is 1. The Kier molecular flexibility index (Phi) is 5.72. The standard InChI is InChI=1S/C21H19N3O2/c1-16(23-24-21(25)19-11-13-22-14-12-19)18-7-9-20(10-8-18)26-15-17-5-3-2-4-6-17/h2-14H,15H2,1H3,(H,24,25)/b23-16+. The Morgan fingerprint density at radius 3 is 2.35 bits per heavy atom. The molecule has 26 heavy (non-hydrogen) atoms. The van der Waals surface area contributed by atoms with Gasteiger partial charge in [-0.1, -0.05) is 30.3 Å². The summed E-state index contributed by atoms with van der Waals surface area (Å²) >= 11 is 0. The Balaban J connectivity index is 1.58. The number of carbonyl (C=O) groups is 1. The quantitative estimate of drug-likeness (QED) is 0.546. The van der Waals surface area contributed by atoms with Gasteiger partial charge in [-0.15, -0.1) is 0 Å². The van der Waals surface area contributed by atoms with Gasteiger partial charge in [0.15, 0.2) is 0 Å². The van der Waals surface area contributed by atoms with Gasteiger partial charge in [-0.3, -0.25) is 9.78 Å². The van der Waals surface area contributed by atoms with Crippen LogP contribution in [-0.4, -0.2) is 16.6 Å². The number of rotatable bonds is 6. The third-order valence-electron chi connectivity index (χ3n) is 3.79. The van der Waals surface area contributed by atoms with Crippen molar-refractivity contribution in [1.29, 1.82) is 0 Å². The van der Waals surface area contributed by atoms with E-state index in [9.17, 15) is 4.79 Å². The molecule has 1 aromatic heterocycles. The average Bonchev–Trinajstić information content (AvgIpc) is 2.72. The van der Waals surface area contributed by atoms with Crippen molar-refractivity contribution >= 4 is 11.6 Å². The molecule has 0 aliphatic heterocycles. The number of ether oxygens (including phenoxy) is 1. The van der Waals surface area contributed by atoms with Gasteiger partial charge >= 0.3 is 0 Å². The molecule has 1 N–H and O–H groups in total. The van der Waals surface area contributed by atoms with E-state index in [4.69, 9.17) is 4.74 Å². The molecule has 0 radical (unpaired) electrons. The SMILES string of the molecule is C/C(=N\NC(=O)c1ccncc1)c1ccc(OCc2ccccc2)cc1. The zero-order valence-corrected chi connectivity index (χ0v) is 14.4. The fourth-order valence-electron chi connectivity index (χ4n) is 2.30. The van der Waals surface area contributed by atoms with Crippen molar-refractivity contribution in [2.75, 3.05) is 0 Å². The van der Waals surface area contributed by atoms with Gasteiger partial charge < -0.3 is 4.74 Å². The second-order valence-corrected chi connectivity index (χ2v) is 5.67. The van der Waals surface area contributed by atoms with Crippen molar-refractivity contribution in [3.63, 3.8) is 0 Å². The molecule has 2 aromatic carbocycles. The molecule has 0 aliphatic carbocycles. The minimum absolute atomic E-state index is 0.269. The summed E-state index contributed by atoms with van der Waals surface area (Å²) < 4.78 is 5.77. The molecule has 5 nitrogen and oxygen atoms in total. The van der Waals surface area contributed by atoms with Crippen LogP contribution in [-0.2, 0) is 6.61 Å². The van der Waals surface area contributed by atoms with Crippen molar-refractivity contribution in [3.8, 4) is 5.75 Å². The van der Waals surface area contributed by atoms with E-state index >= 15 is 0 Å². The zero-order valence-electron chi connectivity index (χ0n) is 14.4. The molecule has 0 spiro atoms. The number of amides is 1. The summed E-state index contributed by atoms with van der Waals surface area (Å²) in [5.74, 6) is 0.515. The lowest BCUT2D eigenvalue weighted by atomic mass is 10.1.